The second-order valence-corrected chi connectivity index (χ2v) is 7.36. The Morgan fingerprint density at radius 3 is 2.21 bits per heavy atom. The van der Waals surface area contributed by atoms with Crippen molar-refractivity contribution in [2.75, 3.05) is 6.61 Å². The van der Waals surface area contributed by atoms with Gasteiger partial charge in [-0.25, -0.2) is 4.39 Å². The van der Waals surface area contributed by atoms with Crippen LogP contribution in [0.1, 0.15) is 70.3 Å². The van der Waals surface area contributed by atoms with E-state index in [1.54, 1.807) is 18.2 Å². The quantitative estimate of drug-likeness (QED) is 0.200. The predicted molar refractivity (Wildman–Crippen MR) is 107 cm³/mol. The zero-order chi connectivity index (χ0) is 21.2. The first-order chi connectivity index (χ1) is 13.9. The van der Waals surface area contributed by atoms with Crippen molar-refractivity contribution in [2.24, 2.45) is 0 Å². The van der Waals surface area contributed by atoms with Gasteiger partial charge in [0.25, 0.3) is 0 Å². The minimum absolute atomic E-state index is 0.135. The Kier molecular flexibility index (Phi) is 9.37. The molecule has 0 aliphatic heterocycles. The number of allylic oxidation sites excluding steroid dienone is 2. The molecular weight excluding hydrogens is 384 g/mol. The molecule has 1 aliphatic rings. The van der Waals surface area contributed by atoms with Crippen molar-refractivity contribution < 1.29 is 27.0 Å². The fourth-order valence-corrected chi connectivity index (χ4v) is 3.39. The highest BCUT2D eigenvalue weighted by Gasteiger charge is 2.43. The van der Waals surface area contributed by atoms with Gasteiger partial charge in [-0.15, -0.1) is 13.2 Å². The van der Waals surface area contributed by atoms with Gasteiger partial charge in [0, 0.05) is 12.0 Å². The molecule has 6 heteroatoms. The van der Waals surface area contributed by atoms with Gasteiger partial charge in [0.2, 0.25) is 5.79 Å². The molecule has 1 unspecified atom stereocenters. The van der Waals surface area contributed by atoms with Crippen molar-refractivity contribution in [3.63, 3.8) is 0 Å². The lowest BCUT2D eigenvalue weighted by molar-refractivity contribution is -0.403. The fourth-order valence-electron chi connectivity index (χ4n) is 3.39. The highest BCUT2D eigenvalue weighted by molar-refractivity contribution is 5.75. The largest absolute Gasteiger partial charge is 0.525 e. The minimum atomic E-state index is -4.83. The van der Waals surface area contributed by atoms with E-state index in [1.165, 1.54) is 50.0 Å². The van der Waals surface area contributed by atoms with Crippen LogP contribution in [0.2, 0.25) is 0 Å². The molecule has 0 heterocycles. The van der Waals surface area contributed by atoms with Crippen molar-refractivity contribution in [1.29, 1.82) is 0 Å². The molecule has 0 saturated carbocycles. The molecule has 0 bridgehead atoms. The van der Waals surface area contributed by atoms with Crippen LogP contribution in [0.3, 0.4) is 0 Å². The van der Waals surface area contributed by atoms with Crippen LogP contribution >= 0.6 is 0 Å². The van der Waals surface area contributed by atoms with E-state index in [4.69, 9.17) is 4.74 Å². The molecule has 0 radical (unpaired) electrons. The Morgan fingerprint density at radius 1 is 0.966 bits per heavy atom. The van der Waals surface area contributed by atoms with Gasteiger partial charge in [-0.1, -0.05) is 82.2 Å². The molecule has 0 fully saturated rings. The molecule has 0 amide bonds. The van der Waals surface area contributed by atoms with E-state index in [0.717, 1.165) is 19.3 Å². The van der Waals surface area contributed by atoms with E-state index < -0.39 is 18.0 Å². The third-order valence-electron chi connectivity index (χ3n) is 4.94. The Morgan fingerprint density at radius 2 is 1.62 bits per heavy atom. The Balaban J connectivity index is 1.87. The summed E-state index contributed by atoms with van der Waals surface area (Å²) >= 11 is 0. The van der Waals surface area contributed by atoms with Gasteiger partial charge >= 0.3 is 6.36 Å². The molecule has 2 rings (SSSR count). The first-order valence-corrected chi connectivity index (χ1v) is 10.4. The van der Waals surface area contributed by atoms with Crippen molar-refractivity contribution >= 4 is 5.57 Å². The van der Waals surface area contributed by atoms with Crippen LogP contribution < -0.4 is 0 Å². The summed E-state index contributed by atoms with van der Waals surface area (Å²) in [7, 11) is 0. The maximum Gasteiger partial charge on any atom is 0.525 e. The van der Waals surface area contributed by atoms with E-state index in [1.807, 2.05) is 0 Å². The Labute approximate surface area is 170 Å². The van der Waals surface area contributed by atoms with Crippen molar-refractivity contribution in [1.82, 2.24) is 0 Å². The van der Waals surface area contributed by atoms with Gasteiger partial charge in [0.05, 0.1) is 6.61 Å². The molecule has 0 aromatic heterocycles. The van der Waals surface area contributed by atoms with Gasteiger partial charge in [-0.2, -0.15) is 0 Å². The molecule has 0 N–H and O–H groups in total. The monoisotopic (exact) mass is 414 g/mol. The minimum Gasteiger partial charge on any atom is -0.346 e. The summed E-state index contributed by atoms with van der Waals surface area (Å²) in [4.78, 5) is 0. The van der Waals surface area contributed by atoms with E-state index in [2.05, 4.69) is 11.7 Å². The van der Waals surface area contributed by atoms with Gasteiger partial charge in [0.15, 0.2) is 0 Å². The summed E-state index contributed by atoms with van der Waals surface area (Å²) in [5, 5.41) is 0. The highest BCUT2D eigenvalue weighted by atomic mass is 19.4. The molecule has 1 atom stereocenters. The maximum atomic E-state index is 13.9. The van der Waals surface area contributed by atoms with Crippen LogP contribution in [0.5, 0.6) is 0 Å². The second-order valence-electron chi connectivity index (χ2n) is 7.36. The highest BCUT2D eigenvalue weighted by Crippen LogP contribution is 2.36. The van der Waals surface area contributed by atoms with Crippen LogP contribution in [0, 0.1) is 5.82 Å². The van der Waals surface area contributed by atoms with Gasteiger partial charge in [-0.05, 0) is 24.1 Å². The fraction of sp³-hybridized carbons (Fsp3) is 0.565. The lowest BCUT2D eigenvalue weighted by Gasteiger charge is -2.33. The molecule has 0 spiro atoms. The van der Waals surface area contributed by atoms with Crippen LogP contribution in [-0.4, -0.2) is 18.8 Å². The topological polar surface area (TPSA) is 18.5 Å². The standard InChI is InChI=1S/C23H30F4O2/c1-2-3-4-5-6-7-8-11-18-28-22(29-23(25,26)27)16-14-19(15-17-22)20-12-9-10-13-21(20)24/h9-10,12-16H,2-8,11,17-18H2,1H3. The molecule has 2 nitrogen and oxygen atoms in total. The van der Waals surface area contributed by atoms with Crippen molar-refractivity contribution in [2.45, 2.75) is 76.9 Å². The van der Waals surface area contributed by atoms with E-state index in [0.29, 0.717) is 17.6 Å². The summed E-state index contributed by atoms with van der Waals surface area (Å²) in [6, 6.07) is 6.15. The first kappa shape index (κ1) is 23.6. The smallest absolute Gasteiger partial charge is 0.346 e. The number of rotatable bonds is 12. The number of unbranched alkanes of at least 4 members (excludes halogenated alkanes) is 7. The zero-order valence-corrected chi connectivity index (χ0v) is 16.9. The summed E-state index contributed by atoms with van der Waals surface area (Å²) < 4.78 is 62.6. The molecule has 162 valence electrons. The third-order valence-corrected chi connectivity index (χ3v) is 4.94. The van der Waals surface area contributed by atoms with Crippen molar-refractivity contribution in [3.8, 4) is 0 Å². The van der Waals surface area contributed by atoms with Crippen molar-refractivity contribution in [3.05, 3.63) is 53.9 Å². The molecule has 1 aromatic rings. The van der Waals surface area contributed by atoms with E-state index >= 15 is 0 Å². The van der Waals surface area contributed by atoms with Gasteiger partial charge in [0.1, 0.15) is 5.82 Å². The Hall–Kier alpha value is -1.66. The summed E-state index contributed by atoms with van der Waals surface area (Å²) in [5.41, 5.74) is 0.854. The molecular formula is C23H30F4O2. The maximum absolute atomic E-state index is 13.9. The normalized spacial score (nSPS) is 19.4. The van der Waals surface area contributed by atoms with Crippen LogP contribution in [-0.2, 0) is 9.47 Å². The third kappa shape index (κ3) is 8.31. The molecule has 1 aromatic carbocycles. The number of benzene rings is 1. The first-order valence-electron chi connectivity index (χ1n) is 10.4. The van der Waals surface area contributed by atoms with Crippen LogP contribution in [0.25, 0.3) is 5.57 Å². The molecule has 0 saturated heterocycles. The van der Waals surface area contributed by atoms with Crippen LogP contribution in [0.15, 0.2) is 42.5 Å². The summed E-state index contributed by atoms with van der Waals surface area (Å²) in [6.45, 7) is 2.35. The van der Waals surface area contributed by atoms with E-state index in [-0.39, 0.29) is 13.0 Å². The average Bonchev–Trinajstić information content (AvgIpc) is 2.67. The summed E-state index contributed by atoms with van der Waals surface area (Å²) in [5.74, 6) is -2.32. The lowest BCUT2D eigenvalue weighted by atomic mass is 9.96. The number of halogens is 4. The Bertz CT molecular complexity index is 682. The zero-order valence-electron chi connectivity index (χ0n) is 16.9. The average molecular weight is 414 g/mol. The molecule has 29 heavy (non-hydrogen) atoms. The second kappa shape index (κ2) is 11.5. The molecule has 1 aliphatic carbocycles. The number of ether oxygens (including phenoxy) is 2. The summed E-state index contributed by atoms with van der Waals surface area (Å²) in [6.07, 6.45) is 7.89. The lowest BCUT2D eigenvalue weighted by Crippen LogP contribution is -2.40. The van der Waals surface area contributed by atoms with Gasteiger partial charge in [-0.3, -0.25) is 4.74 Å². The van der Waals surface area contributed by atoms with Gasteiger partial charge < -0.3 is 4.74 Å². The predicted octanol–water partition coefficient (Wildman–Crippen LogP) is 7.56. The number of alkyl halides is 3. The number of hydrogen-bond acceptors (Lipinski definition) is 2. The van der Waals surface area contributed by atoms with Crippen LogP contribution in [0.4, 0.5) is 17.6 Å². The SMILES string of the molecule is CCCCCCCCCCOC1(OC(F)(F)F)C=CC(c2ccccc2F)=CC1. The number of hydrogen-bond donors (Lipinski definition) is 0. The van der Waals surface area contributed by atoms with E-state index in [9.17, 15) is 17.6 Å².